The summed E-state index contributed by atoms with van der Waals surface area (Å²) >= 11 is 0. The fourth-order valence-electron chi connectivity index (χ4n) is 3.29. The van der Waals surface area contributed by atoms with E-state index >= 15 is 0 Å². The van der Waals surface area contributed by atoms with Gasteiger partial charge in [-0.05, 0) is 31.7 Å². The van der Waals surface area contributed by atoms with Crippen molar-refractivity contribution in [2.75, 3.05) is 5.73 Å². The molecule has 1 saturated carbocycles. The van der Waals surface area contributed by atoms with Crippen molar-refractivity contribution in [2.45, 2.75) is 32.2 Å². The maximum atomic E-state index is 6.19. The van der Waals surface area contributed by atoms with Crippen molar-refractivity contribution in [1.82, 2.24) is 14.5 Å². The molecule has 0 radical (unpaired) electrons. The number of anilines is 1. The van der Waals surface area contributed by atoms with Crippen LogP contribution in [0, 0.1) is 5.92 Å². The van der Waals surface area contributed by atoms with Gasteiger partial charge in [-0.25, -0.2) is 4.98 Å². The fraction of sp³-hybridized carbons (Fsp3) is 0.375. The van der Waals surface area contributed by atoms with Gasteiger partial charge in [-0.1, -0.05) is 24.6 Å². The summed E-state index contributed by atoms with van der Waals surface area (Å²) in [5, 5.41) is 1.14. The predicted octanol–water partition coefficient (Wildman–Crippen LogP) is 3.53. The van der Waals surface area contributed by atoms with Crippen LogP contribution in [-0.4, -0.2) is 14.5 Å². The van der Waals surface area contributed by atoms with E-state index in [0.29, 0.717) is 12.0 Å². The van der Waals surface area contributed by atoms with Crippen LogP contribution in [0.3, 0.4) is 0 Å². The Labute approximate surface area is 117 Å². The first-order valence-electron chi connectivity index (χ1n) is 7.27. The highest BCUT2D eigenvalue weighted by Gasteiger charge is 2.28. The maximum Gasteiger partial charge on any atom is 0.201 e. The van der Waals surface area contributed by atoms with E-state index in [-0.39, 0.29) is 0 Å². The number of aromatic nitrogens is 3. The normalized spacial score (nSPS) is 17.4. The number of nitrogens with zero attached hydrogens (tertiary/aromatic N) is 3. The molecule has 0 aliphatic heterocycles. The molecule has 0 bridgehead atoms. The number of hydrogen-bond acceptors (Lipinski definition) is 3. The van der Waals surface area contributed by atoms with Crippen LogP contribution in [0.5, 0.6) is 0 Å². The Hall–Kier alpha value is -2.10. The standard InChI is InChI=1S/C16H18N4/c1-10(11-5-4-6-11)20-15-12-7-2-3-8-13(12)18-9-14(15)19-16(20)17/h2-3,7-11H,4-6H2,1H3,(H2,17,19). The molecular weight excluding hydrogens is 248 g/mol. The van der Waals surface area contributed by atoms with Gasteiger partial charge < -0.3 is 10.3 Å². The first-order chi connectivity index (χ1) is 9.75. The van der Waals surface area contributed by atoms with Crippen LogP contribution in [-0.2, 0) is 0 Å². The van der Waals surface area contributed by atoms with Crippen molar-refractivity contribution in [3.8, 4) is 0 Å². The lowest BCUT2D eigenvalue weighted by molar-refractivity contribution is 0.228. The summed E-state index contributed by atoms with van der Waals surface area (Å²) in [6.45, 7) is 2.26. The third-order valence-electron chi connectivity index (χ3n) is 4.69. The molecule has 0 amide bonds. The molecule has 2 N–H and O–H groups in total. The van der Waals surface area contributed by atoms with Gasteiger partial charge in [-0.3, -0.25) is 4.98 Å². The van der Waals surface area contributed by atoms with Gasteiger partial charge >= 0.3 is 0 Å². The molecule has 20 heavy (non-hydrogen) atoms. The van der Waals surface area contributed by atoms with Crippen LogP contribution in [0.1, 0.15) is 32.2 Å². The minimum atomic E-state index is 0.402. The van der Waals surface area contributed by atoms with Crippen LogP contribution >= 0.6 is 0 Å². The van der Waals surface area contributed by atoms with Crippen LogP contribution in [0.25, 0.3) is 21.9 Å². The van der Waals surface area contributed by atoms with E-state index in [4.69, 9.17) is 5.73 Å². The van der Waals surface area contributed by atoms with Crippen molar-refractivity contribution < 1.29 is 0 Å². The van der Waals surface area contributed by atoms with E-state index < -0.39 is 0 Å². The quantitative estimate of drug-likeness (QED) is 0.772. The van der Waals surface area contributed by atoms with E-state index in [1.54, 1.807) is 0 Å². The number of nitrogen functional groups attached to an aromatic ring is 1. The molecule has 4 heteroatoms. The lowest BCUT2D eigenvalue weighted by Crippen LogP contribution is -2.23. The van der Waals surface area contributed by atoms with Crippen molar-refractivity contribution in [3.05, 3.63) is 30.5 Å². The molecule has 2 heterocycles. The number of rotatable bonds is 2. The molecule has 1 fully saturated rings. The zero-order valence-corrected chi connectivity index (χ0v) is 11.6. The highest BCUT2D eigenvalue weighted by atomic mass is 15.2. The molecule has 0 saturated heterocycles. The Balaban J connectivity index is 2.03. The largest absolute Gasteiger partial charge is 0.369 e. The molecule has 1 aliphatic carbocycles. The van der Waals surface area contributed by atoms with Gasteiger partial charge in [0.05, 0.1) is 17.2 Å². The van der Waals surface area contributed by atoms with Crippen molar-refractivity contribution in [3.63, 3.8) is 0 Å². The Morgan fingerprint density at radius 3 is 2.80 bits per heavy atom. The molecule has 2 aromatic heterocycles. The minimum Gasteiger partial charge on any atom is -0.369 e. The van der Waals surface area contributed by atoms with E-state index in [0.717, 1.165) is 27.9 Å². The zero-order valence-electron chi connectivity index (χ0n) is 11.6. The molecule has 1 unspecified atom stereocenters. The van der Waals surface area contributed by atoms with Gasteiger partial charge in [-0.15, -0.1) is 0 Å². The summed E-state index contributed by atoms with van der Waals surface area (Å²) in [6, 6.07) is 8.61. The average Bonchev–Trinajstić information content (AvgIpc) is 2.73. The second-order valence-corrected chi connectivity index (χ2v) is 5.78. The van der Waals surface area contributed by atoms with E-state index in [1.165, 1.54) is 19.3 Å². The molecule has 1 aliphatic rings. The van der Waals surface area contributed by atoms with Crippen molar-refractivity contribution in [2.24, 2.45) is 5.92 Å². The summed E-state index contributed by atoms with van der Waals surface area (Å²) in [5.74, 6) is 1.33. The van der Waals surface area contributed by atoms with Crippen LogP contribution in [0.4, 0.5) is 5.95 Å². The number of pyridine rings is 1. The van der Waals surface area contributed by atoms with Gasteiger partial charge in [0.1, 0.15) is 5.52 Å². The van der Waals surface area contributed by atoms with E-state index in [9.17, 15) is 0 Å². The van der Waals surface area contributed by atoms with Gasteiger partial charge in [0, 0.05) is 11.4 Å². The Bertz CT molecular complexity index is 786. The molecule has 3 aromatic rings. The molecule has 4 nitrogen and oxygen atoms in total. The van der Waals surface area contributed by atoms with Crippen molar-refractivity contribution >= 4 is 27.9 Å². The van der Waals surface area contributed by atoms with Gasteiger partial charge in [-0.2, -0.15) is 0 Å². The van der Waals surface area contributed by atoms with E-state index in [1.807, 2.05) is 24.4 Å². The smallest absolute Gasteiger partial charge is 0.201 e. The summed E-state index contributed by atoms with van der Waals surface area (Å²) < 4.78 is 2.21. The number of para-hydroxylation sites is 1. The molecule has 1 atom stereocenters. The Kier molecular flexibility index (Phi) is 2.46. The zero-order chi connectivity index (χ0) is 13.7. The first-order valence-corrected chi connectivity index (χ1v) is 7.27. The number of nitrogens with two attached hydrogens (primary N) is 1. The lowest BCUT2D eigenvalue weighted by Gasteiger charge is -2.33. The first kappa shape index (κ1) is 11.7. The van der Waals surface area contributed by atoms with Crippen LogP contribution < -0.4 is 5.73 Å². The minimum absolute atomic E-state index is 0.402. The maximum absolute atomic E-state index is 6.19. The number of benzene rings is 1. The second kappa shape index (κ2) is 4.20. The summed E-state index contributed by atoms with van der Waals surface area (Å²) in [7, 11) is 0. The van der Waals surface area contributed by atoms with Crippen LogP contribution in [0.15, 0.2) is 30.5 Å². The van der Waals surface area contributed by atoms with Gasteiger partial charge in [0.2, 0.25) is 5.95 Å². The SMILES string of the molecule is CC(C1CCC1)n1c(N)nc2cnc3ccccc3c21. The highest BCUT2D eigenvalue weighted by Crippen LogP contribution is 2.39. The fourth-order valence-corrected chi connectivity index (χ4v) is 3.29. The topological polar surface area (TPSA) is 56.7 Å². The third-order valence-corrected chi connectivity index (χ3v) is 4.69. The monoisotopic (exact) mass is 266 g/mol. The lowest BCUT2D eigenvalue weighted by atomic mass is 9.80. The average molecular weight is 266 g/mol. The predicted molar refractivity (Wildman–Crippen MR) is 81.5 cm³/mol. The molecule has 1 aromatic carbocycles. The van der Waals surface area contributed by atoms with E-state index in [2.05, 4.69) is 27.5 Å². The highest BCUT2D eigenvalue weighted by molar-refractivity contribution is 6.03. The van der Waals surface area contributed by atoms with Gasteiger partial charge in [0.25, 0.3) is 0 Å². The summed E-state index contributed by atoms with van der Waals surface area (Å²) in [5.41, 5.74) is 9.22. The van der Waals surface area contributed by atoms with Crippen LogP contribution in [0.2, 0.25) is 0 Å². The Morgan fingerprint density at radius 1 is 1.25 bits per heavy atom. The second-order valence-electron chi connectivity index (χ2n) is 5.78. The number of hydrogen-bond donors (Lipinski definition) is 1. The molecular formula is C16H18N4. The number of fused-ring (bicyclic) bond motifs is 3. The van der Waals surface area contributed by atoms with Crippen molar-refractivity contribution in [1.29, 1.82) is 0 Å². The molecule has 0 spiro atoms. The molecule has 4 rings (SSSR count). The number of imidazole rings is 1. The Morgan fingerprint density at radius 2 is 2.05 bits per heavy atom. The third kappa shape index (κ3) is 1.54. The summed E-state index contributed by atoms with van der Waals surface area (Å²) in [6.07, 6.45) is 5.76. The molecule has 102 valence electrons. The summed E-state index contributed by atoms with van der Waals surface area (Å²) in [4.78, 5) is 8.97. The van der Waals surface area contributed by atoms with Gasteiger partial charge in [0.15, 0.2) is 0 Å².